The Hall–Kier alpha value is -1.80. The lowest BCUT2D eigenvalue weighted by Gasteiger charge is -2.14. The predicted octanol–water partition coefficient (Wildman–Crippen LogP) is 4.10. The Morgan fingerprint density at radius 3 is 2.45 bits per heavy atom. The van der Waals surface area contributed by atoms with Crippen LogP contribution in [0.3, 0.4) is 0 Å². The number of carbonyl (C=O) groups is 1. The summed E-state index contributed by atoms with van der Waals surface area (Å²) in [5.41, 5.74) is 3.15. The minimum absolute atomic E-state index is 0.315. The molecule has 2 aromatic rings. The molecular formula is C17H17ClO2. The van der Waals surface area contributed by atoms with Crippen LogP contribution in [0.5, 0.6) is 5.75 Å². The highest BCUT2D eigenvalue weighted by molar-refractivity contribution is 6.64. The van der Waals surface area contributed by atoms with Crippen LogP contribution in [0.25, 0.3) is 0 Å². The van der Waals surface area contributed by atoms with Gasteiger partial charge in [0.25, 0.3) is 0 Å². The van der Waals surface area contributed by atoms with Crippen LogP contribution < -0.4 is 4.74 Å². The second-order valence-electron chi connectivity index (χ2n) is 4.82. The first-order chi connectivity index (χ1) is 9.60. The van der Waals surface area contributed by atoms with Gasteiger partial charge in [0, 0.05) is 0 Å². The zero-order valence-corrected chi connectivity index (χ0v) is 12.4. The van der Waals surface area contributed by atoms with Crippen molar-refractivity contribution < 1.29 is 9.53 Å². The molecule has 2 rings (SSSR count). The van der Waals surface area contributed by atoms with Gasteiger partial charge in [-0.05, 0) is 48.2 Å². The van der Waals surface area contributed by atoms with Crippen molar-refractivity contribution in [2.45, 2.75) is 19.3 Å². The highest BCUT2D eigenvalue weighted by atomic mass is 35.5. The first-order valence-corrected chi connectivity index (χ1v) is 6.87. The van der Waals surface area contributed by atoms with Gasteiger partial charge < -0.3 is 4.74 Å². The molecule has 0 saturated carbocycles. The number of methoxy groups -OCH3 is 1. The lowest BCUT2D eigenvalue weighted by molar-refractivity contribution is -0.113. The molecule has 0 fully saturated rings. The second kappa shape index (κ2) is 6.58. The third-order valence-electron chi connectivity index (χ3n) is 3.32. The number of benzene rings is 2. The van der Waals surface area contributed by atoms with Gasteiger partial charge in [-0.3, -0.25) is 4.79 Å². The van der Waals surface area contributed by atoms with E-state index >= 15 is 0 Å². The highest BCUT2D eigenvalue weighted by Gasteiger charge is 2.19. The number of hydrogen-bond acceptors (Lipinski definition) is 2. The summed E-state index contributed by atoms with van der Waals surface area (Å²) >= 11 is 5.78. The summed E-state index contributed by atoms with van der Waals surface area (Å²) < 4.78 is 5.13. The molecular weight excluding hydrogens is 272 g/mol. The quantitative estimate of drug-likeness (QED) is 0.775. The molecule has 0 N–H and O–H groups in total. The van der Waals surface area contributed by atoms with E-state index in [0.717, 1.165) is 22.4 Å². The Labute approximate surface area is 124 Å². The maximum absolute atomic E-state index is 11.7. The van der Waals surface area contributed by atoms with Crippen molar-refractivity contribution in [2.24, 2.45) is 0 Å². The van der Waals surface area contributed by atoms with Crippen molar-refractivity contribution in [3.8, 4) is 5.75 Å². The van der Waals surface area contributed by atoms with E-state index in [4.69, 9.17) is 16.3 Å². The molecule has 0 heterocycles. The Balaban J connectivity index is 2.23. The number of rotatable bonds is 5. The van der Waals surface area contributed by atoms with Gasteiger partial charge in [0.15, 0.2) is 0 Å². The third kappa shape index (κ3) is 3.61. The van der Waals surface area contributed by atoms with E-state index in [1.54, 1.807) is 7.11 Å². The summed E-state index contributed by atoms with van der Waals surface area (Å²) in [7, 11) is 1.63. The molecule has 2 nitrogen and oxygen atoms in total. The summed E-state index contributed by atoms with van der Waals surface area (Å²) in [6, 6.07) is 15.6. The van der Waals surface area contributed by atoms with Crippen LogP contribution in [0.2, 0.25) is 0 Å². The van der Waals surface area contributed by atoms with Crippen LogP contribution in [0.1, 0.15) is 22.6 Å². The van der Waals surface area contributed by atoms with Crippen molar-refractivity contribution in [3.63, 3.8) is 0 Å². The monoisotopic (exact) mass is 288 g/mol. The number of ether oxygens (including phenoxy) is 1. The topological polar surface area (TPSA) is 26.3 Å². The maximum Gasteiger partial charge on any atom is 0.229 e. The van der Waals surface area contributed by atoms with Crippen molar-refractivity contribution in [1.29, 1.82) is 0 Å². The Kier molecular flexibility index (Phi) is 4.80. The van der Waals surface area contributed by atoms with Crippen molar-refractivity contribution in [3.05, 3.63) is 65.2 Å². The summed E-state index contributed by atoms with van der Waals surface area (Å²) in [6.45, 7) is 2.01. The maximum atomic E-state index is 11.7. The molecule has 104 valence electrons. The van der Waals surface area contributed by atoms with Crippen LogP contribution in [0.4, 0.5) is 0 Å². The molecule has 1 atom stereocenters. The summed E-state index contributed by atoms with van der Waals surface area (Å²) in [6.07, 6.45) is 0.593. The number of carbonyl (C=O) groups excluding carboxylic acids is 1. The molecule has 3 heteroatoms. The lowest BCUT2D eigenvalue weighted by Crippen LogP contribution is -2.10. The molecule has 0 bridgehead atoms. The zero-order chi connectivity index (χ0) is 14.5. The average Bonchev–Trinajstić information content (AvgIpc) is 2.45. The molecule has 2 aromatic carbocycles. The Bertz CT molecular complexity index is 590. The normalized spacial score (nSPS) is 11.9. The Morgan fingerprint density at radius 2 is 1.90 bits per heavy atom. The largest absolute Gasteiger partial charge is 0.497 e. The zero-order valence-electron chi connectivity index (χ0n) is 11.6. The average molecular weight is 289 g/mol. The van der Waals surface area contributed by atoms with Gasteiger partial charge in [0.2, 0.25) is 5.24 Å². The molecule has 0 radical (unpaired) electrons. The fourth-order valence-corrected chi connectivity index (χ4v) is 2.42. The van der Waals surface area contributed by atoms with Crippen LogP contribution >= 0.6 is 11.6 Å². The third-order valence-corrected chi connectivity index (χ3v) is 3.58. The Morgan fingerprint density at radius 1 is 1.20 bits per heavy atom. The molecule has 1 unspecified atom stereocenters. The minimum atomic E-state index is -0.327. The van der Waals surface area contributed by atoms with Crippen molar-refractivity contribution >= 4 is 16.8 Å². The number of hydrogen-bond donors (Lipinski definition) is 0. The molecule has 0 saturated heterocycles. The number of aryl methyl sites for hydroxylation is 1. The molecule has 0 aliphatic carbocycles. The highest BCUT2D eigenvalue weighted by Crippen LogP contribution is 2.25. The van der Waals surface area contributed by atoms with E-state index in [1.807, 2.05) is 55.5 Å². The van der Waals surface area contributed by atoms with Crippen LogP contribution in [0.15, 0.2) is 48.5 Å². The smallest absolute Gasteiger partial charge is 0.229 e. The molecule has 0 aliphatic heterocycles. The van der Waals surface area contributed by atoms with E-state index in [1.165, 1.54) is 0 Å². The van der Waals surface area contributed by atoms with Crippen LogP contribution in [-0.2, 0) is 11.2 Å². The summed E-state index contributed by atoms with van der Waals surface area (Å²) in [4.78, 5) is 11.7. The van der Waals surface area contributed by atoms with Gasteiger partial charge in [-0.25, -0.2) is 0 Å². The predicted molar refractivity (Wildman–Crippen MR) is 81.5 cm³/mol. The van der Waals surface area contributed by atoms with Gasteiger partial charge >= 0.3 is 0 Å². The van der Waals surface area contributed by atoms with Gasteiger partial charge in [0.1, 0.15) is 5.75 Å². The van der Waals surface area contributed by atoms with Crippen molar-refractivity contribution in [1.82, 2.24) is 0 Å². The van der Waals surface area contributed by atoms with E-state index in [-0.39, 0.29) is 11.2 Å². The summed E-state index contributed by atoms with van der Waals surface area (Å²) in [5.74, 6) is 0.489. The molecule has 20 heavy (non-hydrogen) atoms. The SMILES string of the molecule is COc1ccc(CC(C(=O)Cl)c2cccc(C)c2)cc1. The van der Waals surface area contributed by atoms with Crippen LogP contribution in [0, 0.1) is 6.92 Å². The molecule has 0 amide bonds. The first-order valence-electron chi connectivity index (χ1n) is 6.49. The van der Waals surface area contributed by atoms with E-state index < -0.39 is 0 Å². The standard InChI is InChI=1S/C17H17ClO2/c1-12-4-3-5-14(10-12)16(17(18)19)11-13-6-8-15(20-2)9-7-13/h3-10,16H,11H2,1-2H3. The first kappa shape index (κ1) is 14.6. The fraction of sp³-hybridized carbons (Fsp3) is 0.235. The van der Waals surface area contributed by atoms with Crippen LogP contribution in [-0.4, -0.2) is 12.4 Å². The van der Waals surface area contributed by atoms with E-state index in [9.17, 15) is 4.79 Å². The molecule has 0 aromatic heterocycles. The minimum Gasteiger partial charge on any atom is -0.497 e. The van der Waals surface area contributed by atoms with Gasteiger partial charge in [0.05, 0.1) is 13.0 Å². The lowest BCUT2D eigenvalue weighted by atomic mass is 9.92. The van der Waals surface area contributed by atoms with E-state index in [0.29, 0.717) is 6.42 Å². The van der Waals surface area contributed by atoms with Gasteiger partial charge in [-0.2, -0.15) is 0 Å². The second-order valence-corrected chi connectivity index (χ2v) is 5.20. The van der Waals surface area contributed by atoms with E-state index in [2.05, 4.69) is 0 Å². The number of halogens is 1. The molecule has 0 aliphatic rings. The molecule has 0 spiro atoms. The van der Waals surface area contributed by atoms with Gasteiger partial charge in [-0.15, -0.1) is 0 Å². The summed E-state index contributed by atoms with van der Waals surface area (Å²) in [5, 5.41) is -0.327. The van der Waals surface area contributed by atoms with Crippen molar-refractivity contribution in [2.75, 3.05) is 7.11 Å². The fourth-order valence-electron chi connectivity index (χ4n) is 2.21. The van der Waals surface area contributed by atoms with Gasteiger partial charge in [-0.1, -0.05) is 42.0 Å².